The SMILES string of the molecule is CC(=O)NC12CC(CC(F)(F)F)(C1)C2. The number of nitrogens with one attached hydrogen (secondary N) is 1. The predicted octanol–water partition coefficient (Wildman–Crippen LogP) is 2.00. The van der Waals surface area contributed by atoms with Gasteiger partial charge < -0.3 is 5.32 Å². The molecule has 1 amide bonds. The normalized spacial score (nSPS) is 39.7. The standard InChI is InChI=1S/C9H12F3NO/c1-6(14)13-8-2-7(3-8,4-8)5-9(10,11)12/h2-5H2,1H3,(H,13,14). The van der Waals surface area contributed by atoms with E-state index in [4.69, 9.17) is 0 Å². The van der Waals surface area contributed by atoms with Crippen molar-refractivity contribution >= 4 is 5.91 Å². The zero-order valence-corrected chi connectivity index (χ0v) is 7.87. The van der Waals surface area contributed by atoms with E-state index in [2.05, 4.69) is 5.32 Å². The van der Waals surface area contributed by atoms with Gasteiger partial charge in [-0.1, -0.05) is 0 Å². The highest BCUT2D eigenvalue weighted by atomic mass is 19.4. The summed E-state index contributed by atoms with van der Waals surface area (Å²) in [7, 11) is 0. The smallest absolute Gasteiger partial charge is 0.351 e. The summed E-state index contributed by atoms with van der Waals surface area (Å²) in [6, 6.07) is 0. The molecule has 3 aliphatic rings. The lowest BCUT2D eigenvalue weighted by Gasteiger charge is -2.70. The molecular weight excluding hydrogens is 195 g/mol. The summed E-state index contributed by atoms with van der Waals surface area (Å²) in [4.78, 5) is 10.7. The number of hydrogen-bond acceptors (Lipinski definition) is 1. The molecule has 0 unspecified atom stereocenters. The molecular formula is C9H12F3NO. The fourth-order valence-electron chi connectivity index (χ4n) is 3.12. The first-order valence-electron chi connectivity index (χ1n) is 4.60. The Balaban J connectivity index is 1.85. The maximum Gasteiger partial charge on any atom is 0.389 e. The molecule has 1 N–H and O–H groups in total. The number of halogens is 3. The molecule has 0 aromatic carbocycles. The van der Waals surface area contributed by atoms with Crippen molar-refractivity contribution in [1.82, 2.24) is 5.32 Å². The van der Waals surface area contributed by atoms with Crippen LogP contribution >= 0.6 is 0 Å². The summed E-state index contributed by atoms with van der Waals surface area (Å²) < 4.78 is 36.3. The van der Waals surface area contributed by atoms with Crippen molar-refractivity contribution in [2.24, 2.45) is 5.41 Å². The summed E-state index contributed by atoms with van der Waals surface area (Å²) in [6.07, 6.45) is -3.26. The van der Waals surface area contributed by atoms with E-state index in [1.54, 1.807) is 0 Å². The highest BCUT2D eigenvalue weighted by Crippen LogP contribution is 2.70. The molecule has 2 nitrogen and oxygen atoms in total. The molecule has 2 bridgehead atoms. The van der Waals surface area contributed by atoms with Crippen molar-refractivity contribution in [2.75, 3.05) is 0 Å². The molecule has 3 fully saturated rings. The lowest BCUT2D eigenvalue weighted by atomic mass is 9.38. The maximum absolute atomic E-state index is 12.1. The molecule has 0 heterocycles. The third-order valence-electron chi connectivity index (χ3n) is 3.16. The second-order valence-electron chi connectivity index (χ2n) is 4.78. The van der Waals surface area contributed by atoms with Gasteiger partial charge in [-0.25, -0.2) is 0 Å². The minimum Gasteiger partial charge on any atom is -0.351 e. The van der Waals surface area contributed by atoms with Crippen LogP contribution in [0.1, 0.15) is 32.6 Å². The lowest BCUT2D eigenvalue weighted by molar-refractivity contribution is -0.236. The number of amides is 1. The van der Waals surface area contributed by atoms with E-state index >= 15 is 0 Å². The maximum atomic E-state index is 12.1. The predicted molar refractivity (Wildman–Crippen MR) is 43.5 cm³/mol. The Morgan fingerprint density at radius 3 is 2.21 bits per heavy atom. The fourth-order valence-corrected chi connectivity index (χ4v) is 3.12. The number of rotatable bonds is 2. The molecule has 0 aromatic heterocycles. The van der Waals surface area contributed by atoms with Crippen molar-refractivity contribution in [3.63, 3.8) is 0 Å². The van der Waals surface area contributed by atoms with E-state index in [-0.39, 0.29) is 11.4 Å². The lowest BCUT2D eigenvalue weighted by Crippen LogP contribution is -2.75. The van der Waals surface area contributed by atoms with Gasteiger partial charge in [0, 0.05) is 18.9 Å². The van der Waals surface area contributed by atoms with E-state index in [0.717, 1.165) is 0 Å². The van der Waals surface area contributed by atoms with Crippen molar-refractivity contribution in [3.05, 3.63) is 0 Å². The van der Waals surface area contributed by atoms with Gasteiger partial charge in [-0.05, 0) is 24.7 Å². The molecule has 0 aromatic rings. The van der Waals surface area contributed by atoms with E-state index in [0.29, 0.717) is 19.3 Å². The number of carbonyl (C=O) groups is 1. The summed E-state index contributed by atoms with van der Waals surface area (Å²) in [5, 5.41) is 2.73. The Morgan fingerprint density at radius 1 is 1.36 bits per heavy atom. The van der Waals surface area contributed by atoms with Crippen LogP contribution in [0.15, 0.2) is 0 Å². The zero-order valence-electron chi connectivity index (χ0n) is 7.87. The monoisotopic (exact) mass is 207 g/mol. The van der Waals surface area contributed by atoms with Crippen LogP contribution in [0.2, 0.25) is 0 Å². The van der Waals surface area contributed by atoms with Crippen LogP contribution in [0.5, 0.6) is 0 Å². The summed E-state index contributed by atoms with van der Waals surface area (Å²) >= 11 is 0. The fraction of sp³-hybridized carbons (Fsp3) is 0.889. The molecule has 0 saturated heterocycles. The van der Waals surface area contributed by atoms with Crippen LogP contribution in [0.4, 0.5) is 13.2 Å². The number of alkyl halides is 3. The minimum absolute atomic E-state index is 0.148. The molecule has 0 radical (unpaired) electrons. The van der Waals surface area contributed by atoms with Crippen LogP contribution in [0, 0.1) is 5.41 Å². The molecule has 0 atom stereocenters. The highest BCUT2D eigenvalue weighted by Gasteiger charge is 2.70. The first-order chi connectivity index (χ1) is 6.24. The Labute approximate surface area is 79.9 Å². The van der Waals surface area contributed by atoms with E-state index < -0.39 is 18.0 Å². The van der Waals surface area contributed by atoms with Crippen LogP contribution in [0.3, 0.4) is 0 Å². The largest absolute Gasteiger partial charge is 0.389 e. The highest BCUT2D eigenvalue weighted by molar-refractivity contribution is 5.74. The third kappa shape index (κ3) is 1.48. The minimum atomic E-state index is -4.07. The molecule has 0 spiro atoms. The van der Waals surface area contributed by atoms with Crippen LogP contribution in [-0.4, -0.2) is 17.6 Å². The van der Waals surface area contributed by atoms with Crippen molar-refractivity contribution in [2.45, 2.75) is 44.3 Å². The Hall–Kier alpha value is -0.740. The number of hydrogen-bond donors (Lipinski definition) is 1. The van der Waals surface area contributed by atoms with Crippen molar-refractivity contribution < 1.29 is 18.0 Å². The molecule has 5 heteroatoms. The first-order valence-corrected chi connectivity index (χ1v) is 4.60. The summed E-state index contributed by atoms with van der Waals surface area (Å²) in [5.74, 6) is -0.148. The van der Waals surface area contributed by atoms with Gasteiger partial charge in [-0.3, -0.25) is 4.79 Å². The van der Waals surface area contributed by atoms with Gasteiger partial charge in [-0.2, -0.15) is 13.2 Å². The molecule has 80 valence electrons. The molecule has 0 aliphatic heterocycles. The summed E-state index contributed by atoms with van der Waals surface area (Å²) in [6.45, 7) is 1.40. The van der Waals surface area contributed by atoms with Gasteiger partial charge in [0.2, 0.25) is 5.91 Å². The van der Waals surface area contributed by atoms with Gasteiger partial charge in [0.15, 0.2) is 0 Å². The average molecular weight is 207 g/mol. The van der Waals surface area contributed by atoms with Gasteiger partial charge in [-0.15, -0.1) is 0 Å². The van der Waals surface area contributed by atoms with Crippen molar-refractivity contribution in [3.8, 4) is 0 Å². The Morgan fingerprint density at radius 2 is 1.86 bits per heavy atom. The topological polar surface area (TPSA) is 29.1 Å². The van der Waals surface area contributed by atoms with Crippen molar-refractivity contribution in [1.29, 1.82) is 0 Å². The first kappa shape index (κ1) is 9.80. The van der Waals surface area contributed by atoms with Gasteiger partial charge in [0.05, 0.1) is 0 Å². The third-order valence-corrected chi connectivity index (χ3v) is 3.16. The van der Waals surface area contributed by atoms with Gasteiger partial charge in [0.25, 0.3) is 0 Å². The van der Waals surface area contributed by atoms with E-state index in [1.165, 1.54) is 6.92 Å². The van der Waals surface area contributed by atoms with Gasteiger partial charge >= 0.3 is 6.18 Å². The molecule has 14 heavy (non-hydrogen) atoms. The Bertz CT molecular complexity index is 264. The second kappa shape index (κ2) is 2.44. The van der Waals surface area contributed by atoms with Crippen LogP contribution in [-0.2, 0) is 4.79 Å². The number of carbonyl (C=O) groups excluding carboxylic acids is 1. The van der Waals surface area contributed by atoms with Gasteiger partial charge in [0.1, 0.15) is 0 Å². The second-order valence-corrected chi connectivity index (χ2v) is 4.78. The molecule has 3 saturated carbocycles. The zero-order chi connectivity index (χ0) is 10.6. The van der Waals surface area contributed by atoms with E-state index in [1.807, 2.05) is 0 Å². The quantitative estimate of drug-likeness (QED) is 0.737. The van der Waals surface area contributed by atoms with Crippen LogP contribution < -0.4 is 5.32 Å². The molecule has 3 rings (SSSR count). The summed E-state index contributed by atoms with van der Waals surface area (Å²) in [5.41, 5.74) is -0.822. The Kier molecular flexibility index (Phi) is 1.71. The van der Waals surface area contributed by atoms with Crippen LogP contribution in [0.25, 0.3) is 0 Å². The molecule has 3 aliphatic carbocycles. The van der Waals surface area contributed by atoms with E-state index in [9.17, 15) is 18.0 Å². The average Bonchev–Trinajstić information content (AvgIpc) is 1.75.